The molecule has 7 heteroatoms. The number of nitrogens with zero attached hydrogens (tertiary/aromatic N) is 1. The van der Waals surface area contributed by atoms with Crippen LogP contribution in [0.1, 0.15) is 18.6 Å². The van der Waals surface area contributed by atoms with E-state index in [1.807, 2.05) is 0 Å². The molecule has 0 aliphatic heterocycles. The maximum atomic E-state index is 13.5. The Morgan fingerprint density at radius 3 is 2.57 bits per heavy atom. The summed E-state index contributed by atoms with van der Waals surface area (Å²) in [5.41, 5.74) is -0.133. The maximum Gasteiger partial charge on any atom is 0.311 e. The van der Waals surface area contributed by atoms with E-state index in [0.717, 1.165) is 18.2 Å². The van der Waals surface area contributed by atoms with E-state index in [9.17, 15) is 24.0 Å². The van der Waals surface area contributed by atoms with Crippen molar-refractivity contribution in [2.24, 2.45) is 0 Å². The number of benzene rings is 2. The number of halogens is 2. The molecule has 0 fully saturated rings. The summed E-state index contributed by atoms with van der Waals surface area (Å²) in [6.07, 6.45) is -0.899. The van der Waals surface area contributed by atoms with Gasteiger partial charge in [-0.2, -0.15) is 4.39 Å². The second-order valence-corrected chi connectivity index (χ2v) is 4.31. The van der Waals surface area contributed by atoms with Gasteiger partial charge in [-0.05, 0) is 30.7 Å². The Hall–Kier alpha value is -2.54. The van der Waals surface area contributed by atoms with Crippen molar-refractivity contribution in [3.8, 4) is 11.5 Å². The first-order valence-corrected chi connectivity index (χ1v) is 5.98. The van der Waals surface area contributed by atoms with Crippen LogP contribution >= 0.6 is 0 Å². The number of hydrogen-bond donors (Lipinski definition) is 1. The van der Waals surface area contributed by atoms with Gasteiger partial charge in [-0.25, -0.2) is 4.39 Å². The van der Waals surface area contributed by atoms with Crippen LogP contribution in [-0.2, 0) is 0 Å². The lowest BCUT2D eigenvalue weighted by Gasteiger charge is -2.10. The molecule has 0 saturated heterocycles. The van der Waals surface area contributed by atoms with E-state index < -0.39 is 34.1 Å². The van der Waals surface area contributed by atoms with E-state index in [0.29, 0.717) is 5.56 Å². The molecular weight excluding hydrogens is 284 g/mol. The molecule has 2 aromatic rings. The first-order chi connectivity index (χ1) is 9.90. The highest BCUT2D eigenvalue weighted by Crippen LogP contribution is 2.34. The number of rotatable bonds is 4. The number of aliphatic hydroxyl groups is 1. The summed E-state index contributed by atoms with van der Waals surface area (Å²) >= 11 is 0. The third-order valence-corrected chi connectivity index (χ3v) is 2.80. The second-order valence-electron chi connectivity index (χ2n) is 4.31. The minimum atomic E-state index is -1.23. The van der Waals surface area contributed by atoms with E-state index in [1.165, 1.54) is 25.1 Å². The van der Waals surface area contributed by atoms with Crippen molar-refractivity contribution < 1.29 is 23.5 Å². The predicted octanol–water partition coefficient (Wildman–Crippen LogP) is 3.72. The molecule has 0 aromatic heterocycles. The molecule has 2 rings (SSSR count). The van der Waals surface area contributed by atoms with Crippen LogP contribution in [0.3, 0.4) is 0 Å². The fourth-order valence-corrected chi connectivity index (χ4v) is 1.70. The Kier molecular flexibility index (Phi) is 4.13. The number of nitro groups is 1. The van der Waals surface area contributed by atoms with Crippen molar-refractivity contribution in [2.45, 2.75) is 13.0 Å². The van der Waals surface area contributed by atoms with Crippen LogP contribution in [0.4, 0.5) is 14.5 Å². The Bertz CT molecular complexity index is 689. The fraction of sp³-hybridized carbons (Fsp3) is 0.143. The number of aliphatic hydroxyl groups excluding tert-OH is 1. The van der Waals surface area contributed by atoms with Crippen LogP contribution in [0.25, 0.3) is 0 Å². The zero-order valence-corrected chi connectivity index (χ0v) is 10.9. The van der Waals surface area contributed by atoms with Crippen molar-refractivity contribution >= 4 is 5.69 Å². The molecule has 0 amide bonds. The van der Waals surface area contributed by atoms with Gasteiger partial charge in [-0.3, -0.25) is 10.1 Å². The van der Waals surface area contributed by atoms with Crippen LogP contribution in [0.15, 0.2) is 36.4 Å². The molecule has 0 spiro atoms. The molecule has 5 nitrogen and oxygen atoms in total. The molecule has 0 radical (unpaired) electrons. The van der Waals surface area contributed by atoms with Crippen molar-refractivity contribution in [3.05, 3.63) is 63.7 Å². The standard InChI is InChI=1S/C14H11F2NO4/c1-8(18)9-5-6-12(11(7-9)17(19)20)21-13-4-2-3-10(15)14(13)16/h2-8,18H,1H3. The van der Waals surface area contributed by atoms with Gasteiger partial charge in [0.05, 0.1) is 11.0 Å². The van der Waals surface area contributed by atoms with Crippen LogP contribution in [0, 0.1) is 21.7 Å². The van der Waals surface area contributed by atoms with E-state index in [4.69, 9.17) is 4.74 Å². The summed E-state index contributed by atoms with van der Waals surface area (Å²) in [7, 11) is 0. The van der Waals surface area contributed by atoms with Gasteiger partial charge in [0, 0.05) is 6.07 Å². The van der Waals surface area contributed by atoms with Gasteiger partial charge in [0.25, 0.3) is 0 Å². The van der Waals surface area contributed by atoms with Crippen molar-refractivity contribution in [2.75, 3.05) is 0 Å². The van der Waals surface area contributed by atoms with E-state index in [-0.39, 0.29) is 5.75 Å². The number of nitro benzene ring substituents is 1. The highest BCUT2D eigenvalue weighted by molar-refractivity contribution is 5.51. The molecule has 1 atom stereocenters. The Morgan fingerprint density at radius 1 is 1.24 bits per heavy atom. The smallest absolute Gasteiger partial charge is 0.311 e. The summed E-state index contributed by atoms with van der Waals surface area (Å²) in [6, 6.07) is 7.05. The number of hydrogen-bond acceptors (Lipinski definition) is 4. The Balaban J connectivity index is 2.44. The minimum absolute atomic E-state index is 0.242. The average Bonchev–Trinajstić information content (AvgIpc) is 2.43. The summed E-state index contributed by atoms with van der Waals surface area (Å²) in [5.74, 6) is -3.04. The molecule has 0 aliphatic rings. The van der Waals surface area contributed by atoms with Crippen LogP contribution in [-0.4, -0.2) is 10.0 Å². The summed E-state index contributed by atoms with van der Waals surface area (Å²) < 4.78 is 31.7. The van der Waals surface area contributed by atoms with E-state index in [1.54, 1.807) is 0 Å². The largest absolute Gasteiger partial charge is 0.447 e. The van der Waals surface area contributed by atoms with Gasteiger partial charge < -0.3 is 9.84 Å². The monoisotopic (exact) mass is 295 g/mol. The van der Waals surface area contributed by atoms with Crippen LogP contribution in [0.5, 0.6) is 11.5 Å². The lowest BCUT2D eigenvalue weighted by molar-refractivity contribution is -0.385. The topological polar surface area (TPSA) is 72.6 Å². The average molecular weight is 295 g/mol. The van der Waals surface area contributed by atoms with Gasteiger partial charge in [0.2, 0.25) is 11.6 Å². The van der Waals surface area contributed by atoms with Gasteiger partial charge in [0.1, 0.15) is 0 Å². The fourth-order valence-electron chi connectivity index (χ4n) is 1.70. The highest BCUT2D eigenvalue weighted by atomic mass is 19.2. The molecule has 1 unspecified atom stereocenters. The Labute approximate surface area is 118 Å². The third-order valence-electron chi connectivity index (χ3n) is 2.80. The van der Waals surface area contributed by atoms with Crippen molar-refractivity contribution in [3.63, 3.8) is 0 Å². The molecular formula is C14H11F2NO4. The van der Waals surface area contributed by atoms with E-state index in [2.05, 4.69) is 0 Å². The first-order valence-electron chi connectivity index (χ1n) is 5.98. The third kappa shape index (κ3) is 3.14. The minimum Gasteiger partial charge on any atom is -0.447 e. The highest BCUT2D eigenvalue weighted by Gasteiger charge is 2.20. The molecule has 110 valence electrons. The summed E-state index contributed by atoms with van der Waals surface area (Å²) in [6.45, 7) is 1.45. The zero-order valence-electron chi connectivity index (χ0n) is 10.9. The van der Waals surface area contributed by atoms with Gasteiger partial charge in [0.15, 0.2) is 11.6 Å². The van der Waals surface area contributed by atoms with E-state index >= 15 is 0 Å². The number of ether oxygens (including phenoxy) is 1. The molecule has 2 aromatic carbocycles. The second kappa shape index (κ2) is 5.84. The maximum absolute atomic E-state index is 13.5. The van der Waals surface area contributed by atoms with Gasteiger partial charge in [-0.15, -0.1) is 0 Å². The molecule has 21 heavy (non-hydrogen) atoms. The van der Waals surface area contributed by atoms with Crippen molar-refractivity contribution in [1.82, 2.24) is 0 Å². The first kappa shape index (κ1) is 14.9. The summed E-state index contributed by atoms with van der Waals surface area (Å²) in [4.78, 5) is 10.3. The normalized spacial score (nSPS) is 12.0. The lowest BCUT2D eigenvalue weighted by Crippen LogP contribution is -1.99. The van der Waals surface area contributed by atoms with Crippen LogP contribution < -0.4 is 4.74 Å². The molecule has 0 bridgehead atoms. The predicted molar refractivity (Wildman–Crippen MR) is 70.2 cm³/mol. The molecule has 0 heterocycles. The molecule has 1 N–H and O–H groups in total. The van der Waals surface area contributed by atoms with Crippen LogP contribution in [0.2, 0.25) is 0 Å². The quantitative estimate of drug-likeness (QED) is 0.689. The lowest BCUT2D eigenvalue weighted by atomic mass is 10.1. The zero-order chi connectivity index (χ0) is 15.6. The van der Waals surface area contributed by atoms with Gasteiger partial charge in [-0.1, -0.05) is 12.1 Å². The SMILES string of the molecule is CC(O)c1ccc(Oc2cccc(F)c2F)c([N+](=O)[O-])c1. The van der Waals surface area contributed by atoms with Gasteiger partial charge >= 0.3 is 5.69 Å². The Morgan fingerprint density at radius 2 is 1.95 bits per heavy atom. The molecule has 0 saturated carbocycles. The van der Waals surface area contributed by atoms with Crippen molar-refractivity contribution in [1.29, 1.82) is 0 Å². The molecule has 0 aliphatic carbocycles. The summed E-state index contributed by atoms with van der Waals surface area (Å²) in [5, 5.41) is 20.4.